The van der Waals surface area contributed by atoms with E-state index < -0.39 is 0 Å². The van der Waals surface area contributed by atoms with Gasteiger partial charge >= 0.3 is 0 Å². The second kappa shape index (κ2) is 28.4. The van der Waals surface area contributed by atoms with Crippen LogP contribution in [0.2, 0.25) is 0 Å². The predicted octanol–water partition coefficient (Wildman–Crippen LogP) is 35.6. The van der Waals surface area contributed by atoms with Crippen molar-refractivity contribution < 1.29 is 0 Å². The molecule has 2 N–H and O–H groups in total. The normalized spacial score (nSPS) is 13.3. The SMILES string of the molecule is CC(C)(C)c1cc(-c2c3nc(c(-c4cc(C(C)(C)C)cc(C(C)(C)C)c4)c4[nH]c(c(-c5cc(C(C)(C)C)cc(C(C)(C)C)c5)c5nc(c(-c6cc(C(C)(C)C)cc(C(C)(C)C)c6)c6[nH]c2c2cc7cc8ccccc8cc7cc62)-c2cc6cc7ccccc7cc6cc2-5)c2cc5cc6ccccc6cc5cc42)-c2cc4cc5ccccc5cc4cc2-3)cc(C(C)(C)C)c1. The summed E-state index contributed by atoms with van der Waals surface area (Å²) in [5.74, 6) is 0. The van der Waals surface area contributed by atoms with E-state index in [1.807, 2.05) is 0 Å². The minimum atomic E-state index is -0.271. The molecule has 0 saturated heterocycles. The van der Waals surface area contributed by atoms with Gasteiger partial charge in [0.15, 0.2) is 0 Å². The molecule has 18 aromatic rings. The molecule has 0 unspecified atom stereocenters. The Morgan fingerprint density at radius 3 is 0.461 bits per heavy atom. The van der Waals surface area contributed by atoms with Gasteiger partial charge in [0.05, 0.1) is 44.8 Å². The third-order valence-corrected chi connectivity index (χ3v) is 28.2. The molecular weight excluding hydrogens is 1550 g/mol. The Kier molecular flexibility index (Phi) is 18.2. The monoisotopic (exact) mass is 1660 g/mol. The first-order chi connectivity index (χ1) is 60.4. The standard InChI is InChI=1S/C124H118N4/c1-117(2,3)89-49-85(50-90(65-89)118(4,5)6)105-109-97-57-77-41-69-33-25-27-35-71(69)43-79(77)59-99(97)111(125-109)106(86-51-91(119(7,8)9)66-92(52-86)120(10,11)12)113-101-61-81-45-73-37-29-31-39-75(73)47-83(81)63-103(101)115(127-113)108(88-55-95(123(19,20)21)68-96(56-88)124(22,23)24)116-104-64-84-48-76-40-32-30-38-74(76)46-82(84)62-102(104)114(128-116)107(87-53-93(121(13,14)15)67-94(54-87)122(16,17)18)112-100-60-80-44-72-36-28-26-34-70(72)42-78(80)58-98(100)110(105)126-112/h25-68,125,128H,1-24H3. The summed E-state index contributed by atoms with van der Waals surface area (Å²) < 4.78 is 0. The van der Waals surface area contributed by atoms with Crippen molar-refractivity contribution in [3.8, 4) is 89.5 Å². The number of H-pyrrole nitrogens is 2. The summed E-state index contributed by atoms with van der Waals surface area (Å²) >= 11 is 0. The topological polar surface area (TPSA) is 57.4 Å². The second-order valence-electron chi connectivity index (χ2n) is 45.8. The summed E-state index contributed by atoms with van der Waals surface area (Å²) in [6.45, 7) is 57.2. The van der Waals surface area contributed by atoms with Gasteiger partial charge in [0.25, 0.3) is 0 Å². The first kappa shape index (κ1) is 82.2. The van der Waals surface area contributed by atoms with Gasteiger partial charge in [0, 0.05) is 66.1 Å². The predicted molar refractivity (Wildman–Crippen MR) is 556 cm³/mol. The number of nitrogens with one attached hydrogen (secondary N) is 2. The van der Waals surface area contributed by atoms with Crippen LogP contribution in [0.1, 0.15) is 211 Å². The highest BCUT2D eigenvalue weighted by Crippen LogP contribution is 2.57. The number of aromatic nitrogens is 4. The van der Waals surface area contributed by atoms with Crippen LogP contribution >= 0.6 is 0 Å². The third-order valence-electron chi connectivity index (χ3n) is 28.2. The molecule has 4 heterocycles. The smallest absolute Gasteiger partial charge is 0.0816 e. The van der Waals surface area contributed by atoms with E-state index in [0.29, 0.717) is 0 Å². The van der Waals surface area contributed by atoms with E-state index in [-0.39, 0.29) is 43.3 Å². The zero-order valence-corrected chi connectivity index (χ0v) is 79.3. The number of hydrogen-bond acceptors (Lipinski definition) is 2. The van der Waals surface area contributed by atoms with Gasteiger partial charge in [-0.1, -0.05) is 336 Å². The van der Waals surface area contributed by atoms with Crippen LogP contribution in [-0.2, 0) is 43.3 Å². The van der Waals surface area contributed by atoms with E-state index >= 15 is 0 Å². The number of aromatic amines is 2. The lowest BCUT2D eigenvalue weighted by molar-refractivity contribution is 0.568. The van der Waals surface area contributed by atoms with Crippen molar-refractivity contribution in [2.24, 2.45) is 0 Å². The molecule has 1 aliphatic carbocycles. The second-order valence-corrected chi connectivity index (χ2v) is 45.8. The van der Waals surface area contributed by atoms with E-state index in [1.54, 1.807) is 0 Å². The number of benzene rings is 16. The largest absolute Gasteiger partial charge is 0.353 e. The zero-order valence-electron chi connectivity index (χ0n) is 79.3. The maximum absolute atomic E-state index is 6.86. The average molecular weight is 1660 g/mol. The quantitative estimate of drug-likeness (QED) is 0.173. The molecule has 0 saturated carbocycles. The van der Waals surface area contributed by atoms with Gasteiger partial charge in [-0.25, -0.2) is 9.97 Å². The Morgan fingerprint density at radius 1 is 0.164 bits per heavy atom. The fraction of sp³-hybridized carbons (Fsp3) is 0.258. The van der Waals surface area contributed by atoms with Gasteiger partial charge in [-0.05, 0) is 293 Å². The Balaban J connectivity index is 1.14. The van der Waals surface area contributed by atoms with Crippen LogP contribution in [0.25, 0.3) is 219 Å². The van der Waals surface area contributed by atoms with E-state index in [2.05, 4.69) is 433 Å². The van der Waals surface area contributed by atoms with Crippen molar-refractivity contribution in [3.05, 3.63) is 311 Å². The molecule has 0 atom stereocenters. The van der Waals surface area contributed by atoms with Gasteiger partial charge in [-0.3, -0.25) is 0 Å². The summed E-state index contributed by atoms with van der Waals surface area (Å²) in [5.41, 5.74) is 28.1. The molecule has 21 rings (SSSR count). The van der Waals surface area contributed by atoms with Crippen molar-refractivity contribution in [1.82, 2.24) is 19.9 Å². The van der Waals surface area contributed by atoms with Crippen molar-refractivity contribution in [3.63, 3.8) is 0 Å². The minimum absolute atomic E-state index is 0.271. The summed E-state index contributed by atoms with van der Waals surface area (Å²) in [6, 6.07) is 105. The minimum Gasteiger partial charge on any atom is -0.353 e. The van der Waals surface area contributed by atoms with Gasteiger partial charge in [-0.15, -0.1) is 0 Å². The number of rotatable bonds is 4. The Bertz CT molecular complexity index is 7150. The van der Waals surface area contributed by atoms with E-state index in [4.69, 9.17) is 19.9 Å². The fourth-order valence-electron chi connectivity index (χ4n) is 20.3. The van der Waals surface area contributed by atoms with E-state index in [0.717, 1.165) is 176 Å². The van der Waals surface area contributed by atoms with E-state index in [1.165, 1.54) is 87.6 Å². The first-order valence-corrected chi connectivity index (χ1v) is 46.4. The van der Waals surface area contributed by atoms with E-state index in [9.17, 15) is 0 Å². The summed E-state index contributed by atoms with van der Waals surface area (Å²) in [5, 5.41) is 23.1. The lowest BCUT2D eigenvalue weighted by Crippen LogP contribution is -2.16. The number of fused-ring (bicyclic) bond motifs is 8. The van der Waals surface area contributed by atoms with Gasteiger partial charge in [0.2, 0.25) is 0 Å². The molecular formula is C124H118N4. The lowest BCUT2D eigenvalue weighted by Gasteiger charge is -2.26. The highest BCUT2D eigenvalue weighted by Gasteiger charge is 2.36. The summed E-state index contributed by atoms with van der Waals surface area (Å²) in [6.07, 6.45) is 0. The lowest BCUT2D eigenvalue weighted by atomic mass is 9.78. The van der Waals surface area contributed by atoms with Crippen LogP contribution in [0.3, 0.4) is 0 Å². The molecule has 0 spiro atoms. The van der Waals surface area contributed by atoms with Crippen molar-refractivity contribution in [2.45, 2.75) is 209 Å². The van der Waals surface area contributed by atoms with Crippen LogP contribution in [0.4, 0.5) is 0 Å². The Morgan fingerprint density at radius 2 is 0.312 bits per heavy atom. The average Bonchev–Trinajstić information content (AvgIpc) is 1.54. The molecule has 0 radical (unpaired) electrons. The maximum atomic E-state index is 6.86. The summed E-state index contributed by atoms with van der Waals surface area (Å²) in [7, 11) is 0. The molecule has 0 amide bonds. The van der Waals surface area contributed by atoms with Crippen LogP contribution < -0.4 is 0 Å². The van der Waals surface area contributed by atoms with Gasteiger partial charge in [-0.2, -0.15) is 0 Å². The van der Waals surface area contributed by atoms with Crippen molar-refractivity contribution in [2.75, 3.05) is 0 Å². The Hall–Kier alpha value is -12.8. The Labute approximate surface area is 755 Å². The molecule has 128 heavy (non-hydrogen) atoms. The van der Waals surface area contributed by atoms with Gasteiger partial charge in [0.1, 0.15) is 0 Å². The molecule has 4 heteroatoms. The third kappa shape index (κ3) is 14.0. The fourth-order valence-corrected chi connectivity index (χ4v) is 20.3. The maximum Gasteiger partial charge on any atom is 0.0816 e. The molecule has 2 aliphatic heterocycles. The number of hydrogen-bond donors (Lipinski definition) is 2. The molecule has 8 bridgehead atoms. The molecule has 16 aromatic carbocycles. The molecule has 4 nitrogen and oxygen atoms in total. The first-order valence-electron chi connectivity index (χ1n) is 46.4. The van der Waals surface area contributed by atoms with Crippen LogP contribution in [0.5, 0.6) is 0 Å². The number of nitrogens with zero attached hydrogens (tertiary/aromatic N) is 2. The van der Waals surface area contributed by atoms with Gasteiger partial charge < -0.3 is 9.97 Å². The molecule has 0 fully saturated rings. The molecule has 2 aromatic heterocycles. The van der Waals surface area contributed by atoms with Crippen LogP contribution in [0, 0.1) is 0 Å². The van der Waals surface area contributed by atoms with Crippen LogP contribution in [-0.4, -0.2) is 19.9 Å². The molecule has 634 valence electrons. The molecule has 3 aliphatic rings. The highest BCUT2D eigenvalue weighted by atomic mass is 14.8. The van der Waals surface area contributed by atoms with Crippen molar-refractivity contribution in [1.29, 1.82) is 0 Å². The summed E-state index contributed by atoms with van der Waals surface area (Å²) in [4.78, 5) is 23.2. The zero-order chi connectivity index (χ0) is 89.7. The highest BCUT2D eigenvalue weighted by molar-refractivity contribution is 6.26. The van der Waals surface area contributed by atoms with Crippen molar-refractivity contribution >= 4 is 130 Å². The van der Waals surface area contributed by atoms with Crippen LogP contribution in [0.15, 0.2) is 267 Å².